The van der Waals surface area contributed by atoms with Gasteiger partial charge in [-0.1, -0.05) is 29.4 Å². The molecule has 1 aromatic rings. The van der Waals surface area contributed by atoms with Crippen molar-refractivity contribution in [2.45, 2.75) is 30.0 Å². The van der Waals surface area contributed by atoms with Gasteiger partial charge in [0.2, 0.25) is 5.91 Å². The van der Waals surface area contributed by atoms with Gasteiger partial charge in [-0.3, -0.25) is 9.59 Å². The highest BCUT2D eigenvalue weighted by Gasteiger charge is 2.62. The molecule has 5 nitrogen and oxygen atoms in total. The minimum atomic E-state index is -0.544. The van der Waals surface area contributed by atoms with Crippen LogP contribution in [0.1, 0.15) is 29.8 Å². The number of thioether (sulfide) groups is 1. The van der Waals surface area contributed by atoms with E-state index in [-0.39, 0.29) is 28.9 Å². The molecule has 2 aliphatic rings. The van der Waals surface area contributed by atoms with Crippen LogP contribution in [0.15, 0.2) is 29.4 Å². The first-order valence-corrected chi connectivity index (χ1v) is 8.70. The molecule has 23 heavy (non-hydrogen) atoms. The Bertz CT molecular complexity index is 692. The van der Waals surface area contributed by atoms with Gasteiger partial charge < -0.3 is 10.1 Å². The van der Waals surface area contributed by atoms with Crippen molar-refractivity contribution in [3.8, 4) is 0 Å². The largest absolute Gasteiger partial charge is 0.411 e. The number of amides is 1. The van der Waals surface area contributed by atoms with Crippen LogP contribution in [0.25, 0.3) is 0 Å². The van der Waals surface area contributed by atoms with Gasteiger partial charge in [0, 0.05) is 21.8 Å². The van der Waals surface area contributed by atoms with E-state index in [1.54, 1.807) is 40.9 Å². The maximum atomic E-state index is 13.1. The number of hydrogen-bond donors (Lipinski definition) is 1. The molecule has 0 aliphatic carbocycles. The number of alkyl halides is 1. The monoisotopic (exact) mass is 352 g/mol. The van der Waals surface area contributed by atoms with Crippen LogP contribution in [0, 0.1) is 5.92 Å². The molecule has 1 amide bonds. The van der Waals surface area contributed by atoms with Gasteiger partial charge in [-0.15, -0.1) is 23.4 Å². The summed E-state index contributed by atoms with van der Waals surface area (Å²) in [6.07, 6.45) is 1.24. The Morgan fingerprint density at radius 2 is 2.17 bits per heavy atom. The average Bonchev–Trinajstić information content (AvgIpc) is 2.76. The fourth-order valence-corrected chi connectivity index (χ4v) is 5.40. The third-order valence-electron chi connectivity index (χ3n) is 4.39. The van der Waals surface area contributed by atoms with E-state index >= 15 is 0 Å². The molecule has 122 valence electrons. The first-order valence-electron chi connectivity index (χ1n) is 7.29. The highest BCUT2D eigenvalue weighted by molar-refractivity contribution is 8.01. The highest BCUT2D eigenvalue weighted by atomic mass is 35.5. The maximum Gasteiger partial charge on any atom is 0.231 e. The number of carbonyl (C=O) groups is 2. The van der Waals surface area contributed by atoms with Crippen LogP contribution in [0.4, 0.5) is 0 Å². The summed E-state index contributed by atoms with van der Waals surface area (Å²) in [6.45, 7) is 3.94. The lowest BCUT2D eigenvalue weighted by atomic mass is 9.87. The van der Waals surface area contributed by atoms with Crippen molar-refractivity contribution in [3.63, 3.8) is 0 Å². The molecule has 0 radical (unpaired) electrons. The van der Waals surface area contributed by atoms with Crippen molar-refractivity contribution in [2.75, 3.05) is 5.88 Å². The fourth-order valence-electron chi connectivity index (χ4n) is 3.30. The Morgan fingerprint density at radius 3 is 2.83 bits per heavy atom. The third-order valence-corrected chi connectivity index (χ3v) is 6.35. The summed E-state index contributed by atoms with van der Waals surface area (Å²) in [5.74, 6) is -0.137. The third kappa shape index (κ3) is 2.44. The summed E-state index contributed by atoms with van der Waals surface area (Å²) in [6, 6.07) is 6.38. The summed E-state index contributed by atoms with van der Waals surface area (Å²) in [7, 11) is 0. The molecular formula is C16H17ClN2O3S. The van der Waals surface area contributed by atoms with Gasteiger partial charge in [-0.25, -0.2) is 0 Å². The molecule has 2 fully saturated rings. The van der Waals surface area contributed by atoms with Crippen LogP contribution in [-0.4, -0.2) is 50.1 Å². The number of ketones is 1. The summed E-state index contributed by atoms with van der Waals surface area (Å²) in [5.41, 5.74) is 0.984. The minimum Gasteiger partial charge on any atom is -0.411 e. The van der Waals surface area contributed by atoms with E-state index in [2.05, 4.69) is 5.16 Å². The van der Waals surface area contributed by atoms with Gasteiger partial charge in [0.15, 0.2) is 5.78 Å². The van der Waals surface area contributed by atoms with E-state index < -0.39 is 10.8 Å². The van der Waals surface area contributed by atoms with Crippen molar-refractivity contribution in [3.05, 3.63) is 35.4 Å². The zero-order valence-corrected chi connectivity index (χ0v) is 14.3. The van der Waals surface area contributed by atoms with Gasteiger partial charge in [0.05, 0.1) is 17.5 Å². The molecule has 0 unspecified atom stereocenters. The lowest BCUT2D eigenvalue weighted by Crippen LogP contribution is -2.63. The molecule has 7 heteroatoms. The van der Waals surface area contributed by atoms with Crippen molar-refractivity contribution < 1.29 is 14.8 Å². The lowest BCUT2D eigenvalue weighted by Gasteiger charge is -2.43. The zero-order chi connectivity index (χ0) is 16.8. The zero-order valence-electron chi connectivity index (χ0n) is 12.8. The lowest BCUT2D eigenvalue weighted by molar-refractivity contribution is -0.150. The van der Waals surface area contributed by atoms with Crippen molar-refractivity contribution in [2.24, 2.45) is 11.1 Å². The molecule has 0 aromatic heterocycles. The smallest absolute Gasteiger partial charge is 0.231 e. The number of carbonyl (C=O) groups excluding carboxylic acids is 2. The van der Waals surface area contributed by atoms with Crippen LogP contribution in [0.2, 0.25) is 0 Å². The Morgan fingerprint density at radius 1 is 1.48 bits per heavy atom. The summed E-state index contributed by atoms with van der Waals surface area (Å²) in [5, 5.41) is 11.8. The normalized spacial score (nSPS) is 28.7. The molecular weight excluding hydrogens is 336 g/mol. The Hall–Kier alpha value is -1.53. The summed E-state index contributed by atoms with van der Waals surface area (Å²) in [4.78, 5) is 27.1. The molecule has 0 bridgehead atoms. The van der Waals surface area contributed by atoms with Gasteiger partial charge in [-0.2, -0.15) is 0 Å². The van der Waals surface area contributed by atoms with Crippen LogP contribution in [0.3, 0.4) is 0 Å². The first-order chi connectivity index (χ1) is 10.9. The van der Waals surface area contributed by atoms with E-state index in [0.29, 0.717) is 11.1 Å². The highest BCUT2D eigenvalue weighted by Crippen LogP contribution is 2.54. The predicted molar refractivity (Wildman–Crippen MR) is 90.5 cm³/mol. The average molecular weight is 353 g/mol. The topological polar surface area (TPSA) is 70.0 Å². The van der Waals surface area contributed by atoms with E-state index in [9.17, 15) is 9.59 Å². The van der Waals surface area contributed by atoms with Crippen molar-refractivity contribution in [1.29, 1.82) is 0 Å². The molecule has 0 saturated carbocycles. The van der Waals surface area contributed by atoms with Gasteiger partial charge in [0.1, 0.15) is 6.04 Å². The quantitative estimate of drug-likeness (QED) is 0.226. The number of Topliss-reactive ketones (excluding diaryl/α,β-unsaturated/α-hetero) is 1. The summed E-state index contributed by atoms with van der Waals surface area (Å²) < 4.78 is -0.401. The number of hydrogen-bond acceptors (Lipinski definition) is 5. The predicted octanol–water partition coefficient (Wildman–Crippen LogP) is 2.59. The maximum absolute atomic E-state index is 13.1. The number of halogens is 1. The standard InChI is InChI=1S/C16H17ClN2O3S/c1-16(2)13(19-14(21)11(7-17)15(19)23-16)12(20)10-6-4-3-5-9(10)8-18-22/h3-6,8,11,13,15,22H,7H2,1-2H3/b18-8+/t11-,13+,15-/m1/s1. The van der Waals surface area contributed by atoms with E-state index in [4.69, 9.17) is 16.8 Å². The number of fused-ring (bicyclic) bond motifs is 1. The van der Waals surface area contributed by atoms with E-state index in [0.717, 1.165) is 0 Å². The second-order valence-corrected chi connectivity index (χ2v) is 8.30. The van der Waals surface area contributed by atoms with Gasteiger partial charge in [0.25, 0.3) is 0 Å². The molecule has 1 aromatic carbocycles. The second-order valence-electron chi connectivity index (χ2n) is 6.22. The van der Waals surface area contributed by atoms with Crippen molar-refractivity contribution >= 4 is 41.3 Å². The van der Waals surface area contributed by atoms with Crippen LogP contribution < -0.4 is 0 Å². The van der Waals surface area contributed by atoms with Gasteiger partial charge in [-0.05, 0) is 13.8 Å². The molecule has 3 rings (SSSR count). The minimum absolute atomic E-state index is 0.0392. The Kier molecular flexibility index (Phi) is 4.14. The van der Waals surface area contributed by atoms with Crippen LogP contribution >= 0.6 is 23.4 Å². The molecule has 2 heterocycles. The molecule has 2 aliphatic heterocycles. The van der Waals surface area contributed by atoms with Gasteiger partial charge >= 0.3 is 0 Å². The number of benzene rings is 1. The summed E-state index contributed by atoms with van der Waals surface area (Å²) >= 11 is 7.50. The molecule has 3 atom stereocenters. The molecule has 1 N–H and O–H groups in total. The van der Waals surface area contributed by atoms with Crippen molar-refractivity contribution in [1.82, 2.24) is 4.90 Å². The SMILES string of the molecule is CC1(C)S[C@@H]2[C@H](CCl)C(=O)N2[C@H]1C(=O)c1ccccc1/C=N/O. The Balaban J connectivity index is 1.98. The fraction of sp³-hybridized carbons (Fsp3) is 0.438. The first kappa shape index (κ1) is 16.3. The number of oxime groups is 1. The molecule has 2 saturated heterocycles. The second kappa shape index (κ2) is 5.83. The Labute approximate surface area is 143 Å². The molecule has 0 spiro atoms. The van der Waals surface area contributed by atoms with E-state index in [1.165, 1.54) is 6.21 Å². The number of β-lactam (4-membered cyclic amide) rings is 1. The van der Waals surface area contributed by atoms with Crippen LogP contribution in [-0.2, 0) is 4.79 Å². The van der Waals surface area contributed by atoms with Crippen LogP contribution in [0.5, 0.6) is 0 Å². The number of nitrogens with zero attached hydrogens (tertiary/aromatic N) is 2. The van der Waals surface area contributed by atoms with E-state index in [1.807, 2.05) is 13.8 Å². The number of rotatable bonds is 4.